The van der Waals surface area contributed by atoms with Gasteiger partial charge in [0.05, 0.1) is 16.7 Å². The lowest BCUT2D eigenvalue weighted by Gasteiger charge is -2.24. The number of carboxylic acid groups (broad SMARTS) is 1. The number of aliphatic carboxylic acids is 1. The smallest absolute Gasteiger partial charge is 0.320 e. The third kappa shape index (κ3) is 3.59. The highest BCUT2D eigenvalue weighted by atomic mass is 35.5. The predicted molar refractivity (Wildman–Crippen MR) is 95.0 cm³/mol. The molecule has 0 aliphatic carbocycles. The molecule has 1 aliphatic rings. The van der Waals surface area contributed by atoms with E-state index in [0.717, 1.165) is 24.0 Å². The summed E-state index contributed by atoms with van der Waals surface area (Å²) >= 11 is 12.4. The van der Waals surface area contributed by atoms with Crippen LogP contribution < -0.4 is 10.5 Å². The molecule has 1 unspecified atom stereocenters. The Morgan fingerprint density at radius 2 is 2.00 bits per heavy atom. The molecule has 0 spiro atoms. The average molecular weight is 384 g/mol. The van der Waals surface area contributed by atoms with Crippen molar-refractivity contribution in [3.63, 3.8) is 0 Å². The summed E-state index contributed by atoms with van der Waals surface area (Å²) in [5.74, 6) is -0.964. The molecule has 0 amide bonds. The van der Waals surface area contributed by atoms with Crippen LogP contribution in [0.15, 0.2) is 24.3 Å². The van der Waals surface area contributed by atoms with Crippen LogP contribution in [0.25, 0.3) is 11.1 Å². The van der Waals surface area contributed by atoms with E-state index in [1.165, 1.54) is 12.1 Å². The topological polar surface area (TPSA) is 72.5 Å². The van der Waals surface area contributed by atoms with E-state index in [2.05, 4.69) is 0 Å². The van der Waals surface area contributed by atoms with Crippen molar-refractivity contribution < 1.29 is 19.0 Å². The Kier molecular flexibility index (Phi) is 5.18. The van der Waals surface area contributed by atoms with Crippen molar-refractivity contribution in [2.45, 2.75) is 25.3 Å². The maximum Gasteiger partial charge on any atom is 0.320 e. The number of fused-ring (bicyclic) bond motifs is 1. The Bertz CT molecular complexity index is 818. The second-order valence-corrected chi connectivity index (χ2v) is 6.74. The zero-order valence-electron chi connectivity index (χ0n) is 13.2. The van der Waals surface area contributed by atoms with Crippen LogP contribution >= 0.6 is 23.2 Å². The quantitative estimate of drug-likeness (QED) is 0.833. The third-order valence-corrected chi connectivity index (χ3v) is 4.80. The Hall–Kier alpha value is -1.82. The van der Waals surface area contributed by atoms with Gasteiger partial charge in [0.15, 0.2) is 0 Å². The normalized spacial score (nSPS) is 14.6. The van der Waals surface area contributed by atoms with Gasteiger partial charge in [-0.2, -0.15) is 0 Å². The van der Waals surface area contributed by atoms with Crippen LogP contribution in [0.1, 0.15) is 17.5 Å². The Morgan fingerprint density at radius 3 is 2.64 bits per heavy atom. The zero-order chi connectivity index (χ0) is 18.1. The summed E-state index contributed by atoms with van der Waals surface area (Å²) in [5, 5.41) is 9.43. The number of rotatable bonds is 4. The maximum absolute atomic E-state index is 13.5. The van der Waals surface area contributed by atoms with E-state index in [1.54, 1.807) is 6.07 Å². The second-order valence-electron chi connectivity index (χ2n) is 5.93. The number of halogens is 3. The van der Waals surface area contributed by atoms with Gasteiger partial charge in [-0.3, -0.25) is 4.79 Å². The predicted octanol–water partition coefficient (Wildman–Crippen LogP) is 4.08. The Morgan fingerprint density at radius 1 is 1.32 bits per heavy atom. The highest BCUT2D eigenvalue weighted by Gasteiger charge is 2.24. The summed E-state index contributed by atoms with van der Waals surface area (Å²) in [6.07, 6.45) is 1.75. The van der Waals surface area contributed by atoms with Gasteiger partial charge in [-0.1, -0.05) is 35.3 Å². The minimum atomic E-state index is -1.06. The SMILES string of the molecule is NC(Cc1ccc(-c2c(Cl)cc(F)cc2Cl)c2c1CCCO2)C(=O)O. The van der Waals surface area contributed by atoms with Crippen molar-refractivity contribution in [1.29, 1.82) is 0 Å². The van der Waals surface area contributed by atoms with Crippen LogP contribution in [0.5, 0.6) is 5.75 Å². The molecule has 4 nitrogen and oxygen atoms in total. The van der Waals surface area contributed by atoms with E-state index in [1.807, 2.05) is 6.07 Å². The minimum Gasteiger partial charge on any atom is -0.493 e. The van der Waals surface area contributed by atoms with Gasteiger partial charge in [0.25, 0.3) is 0 Å². The standard InChI is InChI=1S/C18H16Cl2FNO3/c19-13-7-10(21)8-14(20)16(13)12-4-3-9(6-15(22)18(23)24)11-2-1-5-25-17(11)12/h3-4,7-8,15H,1-2,5-6,22H2,(H,23,24). The first-order valence-corrected chi connectivity index (χ1v) is 8.55. The van der Waals surface area contributed by atoms with Gasteiger partial charge in [0.2, 0.25) is 0 Å². The van der Waals surface area contributed by atoms with Crippen LogP contribution in [0.2, 0.25) is 10.0 Å². The van der Waals surface area contributed by atoms with Crippen LogP contribution in [-0.4, -0.2) is 23.7 Å². The fourth-order valence-corrected chi connectivity index (χ4v) is 3.71. The van der Waals surface area contributed by atoms with Crippen LogP contribution in [-0.2, 0) is 17.6 Å². The number of hydrogen-bond donors (Lipinski definition) is 2. The van der Waals surface area contributed by atoms with E-state index in [4.69, 9.17) is 38.8 Å². The van der Waals surface area contributed by atoms with Gasteiger partial charge in [-0.05, 0) is 42.5 Å². The summed E-state index contributed by atoms with van der Waals surface area (Å²) in [5.41, 5.74) is 8.55. The van der Waals surface area contributed by atoms with Crippen molar-refractivity contribution in [2.75, 3.05) is 6.61 Å². The van der Waals surface area contributed by atoms with Crippen molar-refractivity contribution in [3.05, 3.63) is 51.3 Å². The molecule has 0 bridgehead atoms. The lowest BCUT2D eigenvalue weighted by atomic mass is 9.90. The molecule has 132 valence electrons. The van der Waals surface area contributed by atoms with E-state index in [9.17, 15) is 9.18 Å². The van der Waals surface area contributed by atoms with Gasteiger partial charge in [0.1, 0.15) is 17.6 Å². The van der Waals surface area contributed by atoms with Gasteiger partial charge in [-0.15, -0.1) is 0 Å². The highest BCUT2D eigenvalue weighted by Crippen LogP contribution is 2.44. The summed E-state index contributed by atoms with van der Waals surface area (Å²) in [7, 11) is 0. The number of nitrogens with two attached hydrogens (primary N) is 1. The average Bonchev–Trinajstić information content (AvgIpc) is 2.55. The largest absolute Gasteiger partial charge is 0.493 e. The number of carboxylic acids is 1. The first-order valence-electron chi connectivity index (χ1n) is 7.79. The maximum atomic E-state index is 13.5. The number of ether oxygens (including phenoxy) is 1. The molecule has 0 fully saturated rings. The molecule has 0 saturated heterocycles. The molecule has 3 N–H and O–H groups in total. The summed E-state index contributed by atoms with van der Waals surface area (Å²) < 4.78 is 19.3. The number of benzene rings is 2. The zero-order valence-corrected chi connectivity index (χ0v) is 14.7. The van der Waals surface area contributed by atoms with Crippen molar-refractivity contribution in [1.82, 2.24) is 0 Å². The number of carbonyl (C=O) groups is 1. The first-order chi connectivity index (χ1) is 11.9. The van der Waals surface area contributed by atoms with Crippen molar-refractivity contribution >= 4 is 29.2 Å². The molecule has 7 heteroatoms. The van der Waals surface area contributed by atoms with Gasteiger partial charge >= 0.3 is 5.97 Å². The van der Waals surface area contributed by atoms with Crippen LogP contribution in [0.3, 0.4) is 0 Å². The molecule has 1 aliphatic heterocycles. The molecular formula is C18H16Cl2FNO3. The number of hydrogen-bond acceptors (Lipinski definition) is 3. The molecule has 1 atom stereocenters. The van der Waals surface area contributed by atoms with E-state index < -0.39 is 17.8 Å². The summed E-state index contributed by atoms with van der Waals surface area (Å²) in [4.78, 5) is 11.1. The molecule has 2 aromatic carbocycles. The molecule has 0 saturated carbocycles. The Balaban J connectivity index is 2.13. The van der Waals surface area contributed by atoms with Crippen molar-refractivity contribution in [2.24, 2.45) is 5.73 Å². The molecule has 0 aromatic heterocycles. The lowest BCUT2D eigenvalue weighted by molar-refractivity contribution is -0.138. The van der Waals surface area contributed by atoms with Crippen LogP contribution in [0.4, 0.5) is 4.39 Å². The van der Waals surface area contributed by atoms with E-state index in [0.29, 0.717) is 23.5 Å². The van der Waals surface area contributed by atoms with E-state index in [-0.39, 0.29) is 16.5 Å². The molecule has 25 heavy (non-hydrogen) atoms. The second kappa shape index (κ2) is 7.20. The highest BCUT2D eigenvalue weighted by molar-refractivity contribution is 6.39. The monoisotopic (exact) mass is 383 g/mol. The van der Waals surface area contributed by atoms with Gasteiger partial charge in [-0.25, -0.2) is 4.39 Å². The molecule has 0 radical (unpaired) electrons. The minimum absolute atomic E-state index is 0.191. The first kappa shape index (κ1) is 18.0. The molecule has 3 rings (SSSR count). The fourth-order valence-electron chi connectivity index (χ4n) is 3.04. The van der Waals surface area contributed by atoms with Crippen LogP contribution in [0, 0.1) is 5.82 Å². The fraction of sp³-hybridized carbons (Fsp3) is 0.278. The third-order valence-electron chi connectivity index (χ3n) is 4.21. The lowest BCUT2D eigenvalue weighted by Crippen LogP contribution is -2.32. The summed E-state index contributed by atoms with van der Waals surface area (Å²) in [6, 6.07) is 4.98. The molecular weight excluding hydrogens is 368 g/mol. The van der Waals surface area contributed by atoms with Crippen molar-refractivity contribution in [3.8, 4) is 16.9 Å². The van der Waals surface area contributed by atoms with Gasteiger partial charge < -0.3 is 15.6 Å². The van der Waals surface area contributed by atoms with E-state index >= 15 is 0 Å². The summed E-state index contributed by atoms with van der Waals surface area (Å²) in [6.45, 7) is 0.533. The molecule has 2 aromatic rings. The Labute approximate surface area is 154 Å². The molecule has 1 heterocycles. The van der Waals surface area contributed by atoms with Gasteiger partial charge in [0, 0.05) is 11.1 Å².